The first kappa shape index (κ1) is 7.70. The minimum atomic E-state index is 0.113. The van der Waals surface area contributed by atoms with E-state index in [1.165, 1.54) is 0 Å². The van der Waals surface area contributed by atoms with Crippen molar-refractivity contribution in [2.75, 3.05) is 0 Å². The van der Waals surface area contributed by atoms with Gasteiger partial charge in [-0.2, -0.15) is 0 Å². The van der Waals surface area contributed by atoms with Gasteiger partial charge in [-0.3, -0.25) is 0 Å². The van der Waals surface area contributed by atoms with E-state index in [4.69, 9.17) is 5.73 Å². The Bertz CT molecular complexity index is 78.9. The van der Waals surface area contributed by atoms with Crippen molar-refractivity contribution in [3.05, 3.63) is 12.7 Å². The second-order valence-corrected chi connectivity index (χ2v) is 3.13. The van der Waals surface area contributed by atoms with Crippen LogP contribution in [0.15, 0.2) is 12.7 Å². The highest BCUT2D eigenvalue weighted by atomic mass is 14.6. The molecule has 0 amide bonds. The number of nitrogens with two attached hydrogens (primary N) is 1. The molecule has 0 heterocycles. The van der Waals surface area contributed by atoms with Gasteiger partial charge in [0.05, 0.1) is 0 Å². The van der Waals surface area contributed by atoms with Crippen molar-refractivity contribution in [1.82, 2.24) is 0 Å². The fourth-order valence-electron chi connectivity index (χ4n) is 0.354. The Labute approximate surface area is 51.6 Å². The molecule has 0 spiro atoms. The lowest BCUT2D eigenvalue weighted by Gasteiger charge is -2.23. The average Bonchev–Trinajstić information content (AvgIpc) is 1.62. The van der Waals surface area contributed by atoms with Crippen LogP contribution < -0.4 is 5.73 Å². The highest BCUT2D eigenvalue weighted by molar-refractivity contribution is 4.91. The van der Waals surface area contributed by atoms with Gasteiger partial charge < -0.3 is 5.73 Å². The molecule has 0 bridgehead atoms. The molecule has 0 aliphatic heterocycles. The van der Waals surface area contributed by atoms with Crippen LogP contribution in [0.1, 0.15) is 20.8 Å². The summed E-state index contributed by atoms with van der Waals surface area (Å²) in [6, 6.07) is 0.113. The van der Waals surface area contributed by atoms with Crippen molar-refractivity contribution in [1.29, 1.82) is 0 Å². The van der Waals surface area contributed by atoms with Crippen molar-refractivity contribution in [3.63, 3.8) is 0 Å². The minimum absolute atomic E-state index is 0.113. The van der Waals surface area contributed by atoms with Crippen molar-refractivity contribution in [3.8, 4) is 0 Å². The van der Waals surface area contributed by atoms with Gasteiger partial charge in [0.2, 0.25) is 0 Å². The molecule has 0 radical (unpaired) electrons. The van der Waals surface area contributed by atoms with E-state index in [0.29, 0.717) is 0 Å². The zero-order chi connectivity index (χ0) is 6.78. The van der Waals surface area contributed by atoms with Crippen LogP contribution in [0.25, 0.3) is 0 Å². The Hall–Kier alpha value is -0.300. The molecule has 0 aliphatic carbocycles. The number of hydrogen-bond acceptors (Lipinski definition) is 1. The lowest BCUT2D eigenvalue weighted by Crippen LogP contribution is -2.32. The third-order valence-corrected chi connectivity index (χ3v) is 1.25. The van der Waals surface area contributed by atoms with Gasteiger partial charge in [-0.05, 0) is 5.41 Å². The van der Waals surface area contributed by atoms with Crippen LogP contribution in [0.2, 0.25) is 0 Å². The van der Waals surface area contributed by atoms with Gasteiger partial charge in [-0.1, -0.05) is 26.8 Å². The van der Waals surface area contributed by atoms with Crippen molar-refractivity contribution < 1.29 is 0 Å². The molecule has 0 saturated carbocycles. The molecule has 0 saturated heterocycles. The first-order valence-electron chi connectivity index (χ1n) is 2.86. The van der Waals surface area contributed by atoms with E-state index >= 15 is 0 Å². The normalized spacial score (nSPS) is 15.5. The van der Waals surface area contributed by atoms with E-state index in [0.717, 1.165) is 0 Å². The van der Waals surface area contributed by atoms with Gasteiger partial charge in [0, 0.05) is 6.04 Å². The smallest absolute Gasteiger partial charge is 0.0270 e. The van der Waals surface area contributed by atoms with E-state index < -0.39 is 0 Å². The molecule has 0 aromatic carbocycles. The summed E-state index contributed by atoms with van der Waals surface area (Å²) in [5.74, 6) is 0. The summed E-state index contributed by atoms with van der Waals surface area (Å²) in [5.41, 5.74) is 5.80. The van der Waals surface area contributed by atoms with Gasteiger partial charge in [0.15, 0.2) is 0 Å². The zero-order valence-electron chi connectivity index (χ0n) is 5.94. The van der Waals surface area contributed by atoms with Gasteiger partial charge in [0.1, 0.15) is 0 Å². The van der Waals surface area contributed by atoms with E-state index in [2.05, 4.69) is 27.4 Å². The molecule has 0 aromatic heterocycles. The predicted octanol–water partition coefficient (Wildman–Crippen LogP) is 1.55. The van der Waals surface area contributed by atoms with Crippen molar-refractivity contribution in [2.45, 2.75) is 26.8 Å². The quantitative estimate of drug-likeness (QED) is 0.513. The summed E-state index contributed by atoms with van der Waals surface area (Å²) in [6.07, 6.45) is 1.78. The van der Waals surface area contributed by atoms with Crippen LogP contribution in [-0.2, 0) is 0 Å². The zero-order valence-corrected chi connectivity index (χ0v) is 5.94. The van der Waals surface area contributed by atoms with Crippen LogP contribution in [-0.4, -0.2) is 6.04 Å². The Kier molecular flexibility index (Phi) is 2.23. The summed E-state index contributed by atoms with van der Waals surface area (Å²) >= 11 is 0. The largest absolute Gasteiger partial charge is 0.324 e. The maximum absolute atomic E-state index is 5.63. The van der Waals surface area contributed by atoms with Gasteiger partial charge in [-0.15, -0.1) is 6.58 Å². The Morgan fingerprint density at radius 2 is 1.88 bits per heavy atom. The van der Waals surface area contributed by atoms with Crippen LogP contribution in [0.5, 0.6) is 0 Å². The molecule has 0 aliphatic rings. The monoisotopic (exact) mass is 113 g/mol. The van der Waals surface area contributed by atoms with Gasteiger partial charge in [0.25, 0.3) is 0 Å². The topological polar surface area (TPSA) is 26.0 Å². The number of rotatable bonds is 1. The molecule has 0 fully saturated rings. The molecule has 2 N–H and O–H groups in total. The lowest BCUT2D eigenvalue weighted by molar-refractivity contribution is 0.366. The summed E-state index contributed by atoms with van der Waals surface area (Å²) in [5, 5.41) is 0. The first-order chi connectivity index (χ1) is 3.48. The summed E-state index contributed by atoms with van der Waals surface area (Å²) < 4.78 is 0. The molecule has 1 heteroatoms. The van der Waals surface area contributed by atoms with Crippen LogP contribution in [0, 0.1) is 5.41 Å². The van der Waals surface area contributed by atoms with Crippen LogP contribution in [0.4, 0.5) is 0 Å². The lowest BCUT2D eigenvalue weighted by atomic mass is 9.88. The van der Waals surface area contributed by atoms with Crippen molar-refractivity contribution in [2.24, 2.45) is 11.1 Å². The van der Waals surface area contributed by atoms with Crippen molar-refractivity contribution >= 4 is 0 Å². The van der Waals surface area contributed by atoms with E-state index in [-0.39, 0.29) is 11.5 Å². The highest BCUT2D eigenvalue weighted by Gasteiger charge is 2.16. The fraction of sp³-hybridized carbons (Fsp3) is 0.714. The third kappa shape index (κ3) is 2.12. The molecule has 1 nitrogen and oxygen atoms in total. The predicted molar refractivity (Wildman–Crippen MR) is 37.6 cm³/mol. The minimum Gasteiger partial charge on any atom is -0.324 e. The van der Waals surface area contributed by atoms with Gasteiger partial charge in [-0.25, -0.2) is 0 Å². The Morgan fingerprint density at radius 1 is 1.50 bits per heavy atom. The second-order valence-electron chi connectivity index (χ2n) is 3.13. The molecule has 1 atom stereocenters. The molecule has 8 heavy (non-hydrogen) atoms. The summed E-state index contributed by atoms with van der Waals surface area (Å²) in [4.78, 5) is 0. The maximum atomic E-state index is 5.63. The molecular formula is C7H15N. The summed E-state index contributed by atoms with van der Waals surface area (Å²) in [6.45, 7) is 9.89. The van der Waals surface area contributed by atoms with Crippen LogP contribution >= 0.6 is 0 Å². The molecule has 48 valence electrons. The molecule has 0 rings (SSSR count). The second kappa shape index (κ2) is 2.31. The average molecular weight is 113 g/mol. The SMILES string of the molecule is C=C[C@@H](N)C(C)(C)C. The molecule has 0 unspecified atom stereocenters. The third-order valence-electron chi connectivity index (χ3n) is 1.25. The Morgan fingerprint density at radius 3 is 1.88 bits per heavy atom. The van der Waals surface area contributed by atoms with Crippen LogP contribution in [0.3, 0.4) is 0 Å². The standard InChI is InChI=1S/C7H15N/c1-5-6(8)7(2,3)4/h5-6H,1,8H2,2-4H3/t6-/m1/s1. The van der Waals surface area contributed by atoms with E-state index in [1.807, 2.05) is 0 Å². The molecular weight excluding hydrogens is 98.1 g/mol. The highest BCUT2D eigenvalue weighted by Crippen LogP contribution is 2.16. The summed E-state index contributed by atoms with van der Waals surface area (Å²) in [7, 11) is 0. The van der Waals surface area contributed by atoms with E-state index in [1.54, 1.807) is 6.08 Å². The Balaban J connectivity index is 3.80. The first-order valence-corrected chi connectivity index (χ1v) is 2.86. The van der Waals surface area contributed by atoms with E-state index in [9.17, 15) is 0 Å². The maximum Gasteiger partial charge on any atom is 0.0270 e. The molecule has 0 aromatic rings. The van der Waals surface area contributed by atoms with Gasteiger partial charge >= 0.3 is 0 Å². The fourth-order valence-corrected chi connectivity index (χ4v) is 0.354. The number of hydrogen-bond donors (Lipinski definition) is 1.